The number of rotatable bonds is 2. The van der Waals surface area contributed by atoms with Crippen LogP contribution in [0.15, 0.2) is 0 Å². The lowest BCUT2D eigenvalue weighted by atomic mass is 9.95. The minimum absolute atomic E-state index is 1.27. The Hall–Kier alpha value is -1.18. The second-order valence-corrected chi connectivity index (χ2v) is 4.37. The number of anilines is 2. The highest BCUT2D eigenvalue weighted by Gasteiger charge is 2.14. The molecule has 1 aromatic rings. The third-order valence-corrected chi connectivity index (χ3v) is 3.28. The molecule has 0 saturated heterocycles. The molecule has 0 fully saturated rings. The third-order valence-electron chi connectivity index (χ3n) is 3.28. The summed E-state index contributed by atoms with van der Waals surface area (Å²) in [5.41, 5.74) is 8.06. The highest BCUT2D eigenvalue weighted by Crippen LogP contribution is 2.34. The second kappa shape index (κ2) is 4.13. The minimum atomic E-state index is 1.27. The van der Waals surface area contributed by atoms with Crippen LogP contribution in [0.25, 0.3) is 0 Å². The van der Waals surface area contributed by atoms with Crippen molar-refractivity contribution >= 4 is 11.4 Å². The molecule has 0 spiro atoms. The van der Waals surface area contributed by atoms with Crippen molar-refractivity contribution in [3.8, 4) is 0 Å². The molecule has 0 saturated carbocycles. The summed E-state index contributed by atoms with van der Waals surface area (Å²) in [6, 6.07) is 0. The van der Waals surface area contributed by atoms with Crippen LogP contribution in [0.1, 0.15) is 22.3 Å². The molecule has 2 heteroatoms. The van der Waals surface area contributed by atoms with Gasteiger partial charge in [-0.2, -0.15) is 0 Å². The lowest BCUT2D eigenvalue weighted by Gasteiger charge is -2.24. The number of nitrogens with zero attached hydrogens (tertiary/aromatic N) is 1. The van der Waals surface area contributed by atoms with E-state index in [1.54, 1.807) is 0 Å². The van der Waals surface area contributed by atoms with E-state index >= 15 is 0 Å². The van der Waals surface area contributed by atoms with Crippen molar-refractivity contribution in [3.63, 3.8) is 0 Å². The molecule has 0 radical (unpaired) electrons. The maximum absolute atomic E-state index is 3.29. The van der Waals surface area contributed by atoms with Crippen molar-refractivity contribution in [1.82, 2.24) is 0 Å². The first-order valence-electron chi connectivity index (χ1n) is 5.37. The largest absolute Gasteiger partial charge is 0.388 e. The molecule has 0 bridgehead atoms. The van der Waals surface area contributed by atoms with Gasteiger partial charge in [0.25, 0.3) is 0 Å². The van der Waals surface area contributed by atoms with E-state index in [0.717, 1.165) is 0 Å². The molecule has 0 unspecified atom stereocenters. The van der Waals surface area contributed by atoms with Crippen molar-refractivity contribution in [2.75, 3.05) is 31.4 Å². The first-order valence-corrected chi connectivity index (χ1v) is 5.37. The lowest BCUT2D eigenvalue weighted by Crippen LogP contribution is -2.14. The summed E-state index contributed by atoms with van der Waals surface area (Å²) in [5, 5.41) is 3.29. The van der Waals surface area contributed by atoms with E-state index in [4.69, 9.17) is 0 Å². The van der Waals surface area contributed by atoms with Crippen LogP contribution in [0.3, 0.4) is 0 Å². The van der Waals surface area contributed by atoms with Crippen LogP contribution in [-0.4, -0.2) is 21.1 Å². The quantitative estimate of drug-likeness (QED) is 0.800. The third kappa shape index (κ3) is 1.81. The maximum Gasteiger partial charge on any atom is 0.0427 e. The summed E-state index contributed by atoms with van der Waals surface area (Å²) < 4.78 is 0. The van der Waals surface area contributed by atoms with Gasteiger partial charge < -0.3 is 10.2 Å². The van der Waals surface area contributed by atoms with E-state index in [2.05, 4.69) is 52.0 Å². The van der Waals surface area contributed by atoms with Gasteiger partial charge in [0.1, 0.15) is 0 Å². The van der Waals surface area contributed by atoms with E-state index in [9.17, 15) is 0 Å². The minimum Gasteiger partial charge on any atom is -0.388 e. The first kappa shape index (κ1) is 11.9. The van der Waals surface area contributed by atoms with E-state index < -0.39 is 0 Å². The molecule has 2 nitrogen and oxygen atoms in total. The predicted molar refractivity (Wildman–Crippen MR) is 69.3 cm³/mol. The fraction of sp³-hybridized carbons (Fsp3) is 0.538. The van der Waals surface area contributed by atoms with Crippen LogP contribution >= 0.6 is 0 Å². The molecule has 0 aliphatic heterocycles. The van der Waals surface area contributed by atoms with E-state index in [1.807, 2.05) is 7.05 Å². The molecule has 84 valence electrons. The lowest BCUT2D eigenvalue weighted by molar-refractivity contribution is 1.07. The van der Waals surface area contributed by atoms with Gasteiger partial charge in [-0.15, -0.1) is 0 Å². The topological polar surface area (TPSA) is 15.3 Å². The van der Waals surface area contributed by atoms with Gasteiger partial charge >= 0.3 is 0 Å². The Morgan fingerprint density at radius 3 is 1.47 bits per heavy atom. The van der Waals surface area contributed by atoms with Crippen molar-refractivity contribution in [3.05, 3.63) is 22.3 Å². The number of hydrogen-bond donors (Lipinski definition) is 1. The maximum atomic E-state index is 3.29. The highest BCUT2D eigenvalue weighted by molar-refractivity contribution is 5.73. The van der Waals surface area contributed by atoms with Crippen LogP contribution in [-0.2, 0) is 0 Å². The number of nitrogens with one attached hydrogen (secondary N) is 1. The summed E-state index contributed by atoms with van der Waals surface area (Å²) in [6.07, 6.45) is 0. The van der Waals surface area contributed by atoms with Gasteiger partial charge in [-0.25, -0.2) is 0 Å². The SMILES string of the molecule is CNc1c(C)c(C)c(N(C)C)c(C)c1C. The normalized spacial score (nSPS) is 10.3. The summed E-state index contributed by atoms with van der Waals surface area (Å²) in [6.45, 7) is 8.75. The Kier molecular flexibility index (Phi) is 3.28. The molecule has 15 heavy (non-hydrogen) atoms. The van der Waals surface area contributed by atoms with Gasteiger partial charge in [0, 0.05) is 32.5 Å². The van der Waals surface area contributed by atoms with Crippen LogP contribution in [0.5, 0.6) is 0 Å². The zero-order valence-electron chi connectivity index (χ0n) is 10.9. The standard InChI is InChI=1S/C13H22N2/c1-8-10(3)13(15(6)7)11(4)9(2)12(8)14-5/h14H,1-7H3. The Labute approximate surface area is 93.3 Å². The fourth-order valence-corrected chi connectivity index (χ4v) is 2.34. The van der Waals surface area contributed by atoms with E-state index in [0.29, 0.717) is 0 Å². The Morgan fingerprint density at radius 1 is 0.800 bits per heavy atom. The predicted octanol–water partition coefficient (Wildman–Crippen LogP) is 3.03. The number of hydrogen-bond acceptors (Lipinski definition) is 2. The summed E-state index contributed by atoms with van der Waals surface area (Å²) in [4.78, 5) is 2.20. The van der Waals surface area contributed by atoms with Gasteiger partial charge in [-0.1, -0.05) is 0 Å². The molecular formula is C13H22N2. The zero-order valence-corrected chi connectivity index (χ0v) is 10.9. The Balaban J connectivity index is 3.59. The van der Waals surface area contributed by atoms with Crippen LogP contribution < -0.4 is 10.2 Å². The van der Waals surface area contributed by atoms with E-state index in [-0.39, 0.29) is 0 Å². The van der Waals surface area contributed by atoms with Crippen molar-refractivity contribution in [1.29, 1.82) is 0 Å². The van der Waals surface area contributed by atoms with Crippen molar-refractivity contribution in [2.45, 2.75) is 27.7 Å². The van der Waals surface area contributed by atoms with Crippen molar-refractivity contribution < 1.29 is 0 Å². The molecule has 1 aromatic carbocycles. The molecule has 1 rings (SSSR count). The van der Waals surface area contributed by atoms with Gasteiger partial charge in [0.2, 0.25) is 0 Å². The van der Waals surface area contributed by atoms with Gasteiger partial charge in [-0.3, -0.25) is 0 Å². The summed E-state index contributed by atoms with van der Waals surface area (Å²) >= 11 is 0. The monoisotopic (exact) mass is 206 g/mol. The van der Waals surface area contributed by atoms with E-state index in [1.165, 1.54) is 33.6 Å². The molecule has 0 aliphatic rings. The first-order chi connectivity index (χ1) is 6.91. The van der Waals surface area contributed by atoms with Crippen molar-refractivity contribution in [2.24, 2.45) is 0 Å². The molecule has 1 N–H and O–H groups in total. The molecule has 0 amide bonds. The average Bonchev–Trinajstić information content (AvgIpc) is 2.16. The smallest absolute Gasteiger partial charge is 0.0427 e. The highest BCUT2D eigenvalue weighted by atomic mass is 15.1. The summed E-state index contributed by atoms with van der Waals surface area (Å²) in [7, 11) is 6.20. The molecular weight excluding hydrogens is 184 g/mol. The summed E-state index contributed by atoms with van der Waals surface area (Å²) in [5.74, 6) is 0. The van der Waals surface area contributed by atoms with Crippen LogP contribution in [0.4, 0.5) is 11.4 Å². The molecule has 0 aromatic heterocycles. The zero-order chi connectivity index (χ0) is 11.7. The number of benzene rings is 1. The van der Waals surface area contributed by atoms with Gasteiger partial charge in [-0.05, 0) is 49.9 Å². The fourth-order valence-electron chi connectivity index (χ4n) is 2.34. The Bertz CT molecular complexity index is 350. The Morgan fingerprint density at radius 2 is 1.20 bits per heavy atom. The molecule has 0 heterocycles. The van der Waals surface area contributed by atoms with Gasteiger partial charge in [0.05, 0.1) is 0 Å². The molecule has 0 atom stereocenters. The van der Waals surface area contributed by atoms with Crippen LogP contribution in [0, 0.1) is 27.7 Å². The average molecular weight is 206 g/mol. The van der Waals surface area contributed by atoms with Gasteiger partial charge in [0.15, 0.2) is 0 Å². The molecule has 0 aliphatic carbocycles. The second-order valence-electron chi connectivity index (χ2n) is 4.37. The van der Waals surface area contributed by atoms with Crippen LogP contribution in [0.2, 0.25) is 0 Å².